The first-order chi connectivity index (χ1) is 8.60. The van der Waals surface area contributed by atoms with Crippen molar-refractivity contribution < 1.29 is 9.84 Å². The number of ether oxygens (including phenoxy) is 1. The Morgan fingerprint density at radius 3 is 2.17 bits per heavy atom. The van der Waals surface area contributed by atoms with Crippen LogP contribution in [0.5, 0.6) is 17.2 Å². The molecule has 0 amide bonds. The normalized spacial score (nSPS) is 10.1. The average molecular weight is 243 g/mol. The molecule has 2 aromatic rings. The third-order valence-corrected chi connectivity index (χ3v) is 2.64. The number of nitroso groups, excluding NO2 is 1. The Balaban J connectivity index is 2.31. The fourth-order valence-corrected chi connectivity index (χ4v) is 1.67. The highest BCUT2D eigenvalue weighted by Gasteiger charge is 2.06. The minimum atomic E-state index is 0.206. The van der Waals surface area contributed by atoms with Crippen LogP contribution in [0.3, 0.4) is 0 Å². The molecule has 0 heterocycles. The third kappa shape index (κ3) is 2.48. The van der Waals surface area contributed by atoms with Crippen LogP contribution < -0.4 is 4.74 Å². The maximum Gasteiger partial charge on any atom is 0.130 e. The van der Waals surface area contributed by atoms with E-state index in [9.17, 15) is 10.0 Å². The lowest BCUT2D eigenvalue weighted by molar-refractivity contribution is 0.460. The van der Waals surface area contributed by atoms with Crippen molar-refractivity contribution in [2.45, 2.75) is 13.8 Å². The minimum absolute atomic E-state index is 0.206. The van der Waals surface area contributed by atoms with Gasteiger partial charge in [-0.1, -0.05) is 0 Å². The molecule has 2 aromatic carbocycles. The van der Waals surface area contributed by atoms with Crippen molar-refractivity contribution in [3.8, 4) is 17.2 Å². The van der Waals surface area contributed by atoms with Gasteiger partial charge in [0.25, 0.3) is 0 Å². The maximum atomic E-state index is 10.4. The van der Waals surface area contributed by atoms with Crippen molar-refractivity contribution in [2.24, 2.45) is 5.18 Å². The Labute approximate surface area is 105 Å². The number of nitrogens with zero attached hydrogens (tertiary/aromatic N) is 1. The van der Waals surface area contributed by atoms with Gasteiger partial charge in [0.15, 0.2) is 0 Å². The number of phenols is 1. The number of rotatable bonds is 3. The number of hydrogen-bond donors (Lipinski definition) is 1. The largest absolute Gasteiger partial charge is 0.508 e. The van der Waals surface area contributed by atoms with Gasteiger partial charge in [0, 0.05) is 0 Å². The van der Waals surface area contributed by atoms with E-state index in [0.717, 1.165) is 11.1 Å². The Hall–Kier alpha value is -2.36. The zero-order chi connectivity index (χ0) is 13.1. The molecule has 0 aliphatic heterocycles. The molecule has 0 saturated heterocycles. The third-order valence-electron chi connectivity index (χ3n) is 2.64. The van der Waals surface area contributed by atoms with Gasteiger partial charge in [0.1, 0.15) is 22.9 Å². The smallest absolute Gasteiger partial charge is 0.130 e. The Bertz CT molecular complexity index is 594. The van der Waals surface area contributed by atoms with Gasteiger partial charge >= 0.3 is 0 Å². The van der Waals surface area contributed by atoms with Gasteiger partial charge in [-0.15, -0.1) is 4.91 Å². The van der Waals surface area contributed by atoms with Crippen LogP contribution in [0.2, 0.25) is 0 Å². The van der Waals surface area contributed by atoms with E-state index in [1.54, 1.807) is 36.4 Å². The summed E-state index contributed by atoms with van der Waals surface area (Å²) in [6.45, 7) is 3.70. The van der Waals surface area contributed by atoms with Crippen molar-refractivity contribution >= 4 is 5.69 Å². The minimum Gasteiger partial charge on any atom is -0.508 e. The second-order valence-corrected chi connectivity index (χ2v) is 4.09. The molecule has 0 spiro atoms. The van der Waals surface area contributed by atoms with Crippen LogP contribution in [0.1, 0.15) is 11.1 Å². The van der Waals surface area contributed by atoms with E-state index in [-0.39, 0.29) is 5.75 Å². The van der Waals surface area contributed by atoms with Gasteiger partial charge in [-0.3, -0.25) is 0 Å². The van der Waals surface area contributed by atoms with Crippen LogP contribution in [0.4, 0.5) is 5.69 Å². The van der Waals surface area contributed by atoms with Crippen LogP contribution in [0.15, 0.2) is 41.6 Å². The van der Waals surface area contributed by atoms with E-state index in [1.165, 1.54) is 0 Å². The van der Waals surface area contributed by atoms with Crippen LogP contribution in [0, 0.1) is 18.8 Å². The van der Waals surface area contributed by atoms with Gasteiger partial charge in [0.05, 0.1) is 0 Å². The van der Waals surface area contributed by atoms with Gasteiger partial charge in [-0.2, -0.15) is 0 Å². The molecule has 0 fully saturated rings. The first-order valence-electron chi connectivity index (χ1n) is 5.51. The molecule has 0 radical (unpaired) electrons. The van der Waals surface area contributed by atoms with Crippen molar-refractivity contribution in [1.29, 1.82) is 0 Å². The van der Waals surface area contributed by atoms with Crippen LogP contribution in [-0.2, 0) is 0 Å². The van der Waals surface area contributed by atoms with Crippen LogP contribution >= 0.6 is 0 Å². The van der Waals surface area contributed by atoms with Crippen molar-refractivity contribution in [1.82, 2.24) is 0 Å². The monoisotopic (exact) mass is 243 g/mol. The highest BCUT2D eigenvalue weighted by atomic mass is 16.5. The van der Waals surface area contributed by atoms with Crippen molar-refractivity contribution in [2.75, 3.05) is 0 Å². The number of aromatic hydroxyl groups is 1. The highest BCUT2D eigenvalue weighted by Crippen LogP contribution is 2.31. The first-order valence-corrected chi connectivity index (χ1v) is 5.51. The lowest BCUT2D eigenvalue weighted by Crippen LogP contribution is -1.89. The number of phenolic OH excluding ortho intramolecular Hbond substituents is 1. The van der Waals surface area contributed by atoms with Gasteiger partial charge in [-0.25, -0.2) is 0 Å². The summed E-state index contributed by atoms with van der Waals surface area (Å²) in [5.74, 6) is 1.54. The summed E-state index contributed by atoms with van der Waals surface area (Å²) in [6.07, 6.45) is 0. The molecule has 18 heavy (non-hydrogen) atoms. The molecule has 0 bridgehead atoms. The number of benzene rings is 2. The molecule has 0 unspecified atom stereocenters. The zero-order valence-electron chi connectivity index (χ0n) is 10.2. The lowest BCUT2D eigenvalue weighted by Gasteiger charge is -2.11. The van der Waals surface area contributed by atoms with Gasteiger partial charge in [0.2, 0.25) is 0 Å². The Morgan fingerprint density at radius 2 is 1.61 bits per heavy atom. The highest BCUT2D eigenvalue weighted by molar-refractivity contribution is 5.49. The van der Waals surface area contributed by atoms with E-state index < -0.39 is 0 Å². The van der Waals surface area contributed by atoms with Crippen molar-refractivity contribution in [3.63, 3.8) is 0 Å². The second-order valence-electron chi connectivity index (χ2n) is 4.09. The SMILES string of the molecule is Cc1cc(O)ccc1Oc1ccc(N=O)cc1C. The molecule has 0 aromatic heterocycles. The average Bonchev–Trinajstić information content (AvgIpc) is 2.34. The molecular formula is C14H13NO3. The fraction of sp³-hybridized carbons (Fsp3) is 0.143. The summed E-state index contributed by atoms with van der Waals surface area (Å²) in [5.41, 5.74) is 2.05. The number of hydrogen-bond acceptors (Lipinski definition) is 4. The molecule has 0 atom stereocenters. The standard InChI is InChI=1S/C14H13NO3/c1-9-7-11(15-17)3-5-13(9)18-14-6-4-12(16)8-10(14)2/h3-8,16H,1-2H3. The Morgan fingerprint density at radius 1 is 1.00 bits per heavy atom. The first kappa shape index (κ1) is 12.1. The van der Waals surface area contributed by atoms with Gasteiger partial charge in [-0.05, 0) is 66.5 Å². The molecule has 4 heteroatoms. The molecule has 0 aliphatic rings. The summed E-state index contributed by atoms with van der Waals surface area (Å²) >= 11 is 0. The molecule has 2 rings (SSSR count). The topological polar surface area (TPSA) is 58.9 Å². The second kappa shape index (κ2) is 4.87. The van der Waals surface area contributed by atoms with Crippen molar-refractivity contribution in [3.05, 3.63) is 52.4 Å². The summed E-state index contributed by atoms with van der Waals surface area (Å²) in [7, 11) is 0. The molecule has 4 nitrogen and oxygen atoms in total. The Kier molecular flexibility index (Phi) is 3.28. The van der Waals surface area contributed by atoms with Gasteiger partial charge < -0.3 is 9.84 Å². The molecule has 92 valence electrons. The lowest BCUT2D eigenvalue weighted by atomic mass is 10.2. The van der Waals surface area contributed by atoms with Crippen LogP contribution in [-0.4, -0.2) is 5.11 Å². The van der Waals surface area contributed by atoms with E-state index in [4.69, 9.17) is 4.74 Å². The summed E-state index contributed by atoms with van der Waals surface area (Å²) in [4.78, 5) is 10.4. The van der Waals surface area contributed by atoms with E-state index in [2.05, 4.69) is 5.18 Å². The van der Waals surface area contributed by atoms with E-state index in [1.807, 2.05) is 13.8 Å². The maximum absolute atomic E-state index is 10.4. The summed E-state index contributed by atoms with van der Waals surface area (Å²) < 4.78 is 5.74. The number of aryl methyl sites for hydroxylation is 2. The predicted molar refractivity (Wildman–Crippen MR) is 69.6 cm³/mol. The quantitative estimate of drug-likeness (QED) is 0.822. The fourth-order valence-electron chi connectivity index (χ4n) is 1.67. The summed E-state index contributed by atoms with van der Waals surface area (Å²) in [5, 5.41) is 12.2. The van der Waals surface area contributed by atoms with E-state index >= 15 is 0 Å². The zero-order valence-corrected chi connectivity index (χ0v) is 10.2. The molecule has 1 N–H and O–H groups in total. The molecule has 0 saturated carbocycles. The van der Waals surface area contributed by atoms with Crippen LogP contribution in [0.25, 0.3) is 0 Å². The molecule has 0 aliphatic carbocycles. The molecular weight excluding hydrogens is 230 g/mol. The predicted octanol–water partition coefficient (Wildman–Crippen LogP) is 4.20. The summed E-state index contributed by atoms with van der Waals surface area (Å²) in [6, 6.07) is 9.88. The van der Waals surface area contributed by atoms with E-state index in [0.29, 0.717) is 17.2 Å².